The molecule has 2 heterocycles. The van der Waals surface area contributed by atoms with Crippen LogP contribution < -0.4 is 5.32 Å². The van der Waals surface area contributed by atoms with E-state index in [1.165, 1.54) is 0 Å². The monoisotopic (exact) mass is 430 g/mol. The van der Waals surface area contributed by atoms with E-state index < -0.39 is 0 Å². The van der Waals surface area contributed by atoms with E-state index in [1.54, 1.807) is 11.8 Å². The van der Waals surface area contributed by atoms with Gasteiger partial charge >= 0.3 is 0 Å². The van der Waals surface area contributed by atoms with Gasteiger partial charge in [0.1, 0.15) is 5.37 Å². The van der Waals surface area contributed by atoms with Gasteiger partial charge in [-0.05, 0) is 48.2 Å². The first-order chi connectivity index (χ1) is 14.1. The van der Waals surface area contributed by atoms with Gasteiger partial charge in [-0.1, -0.05) is 35.9 Å². The van der Waals surface area contributed by atoms with E-state index in [1.807, 2.05) is 53.4 Å². The summed E-state index contributed by atoms with van der Waals surface area (Å²) in [5.41, 5.74) is 2.68. The van der Waals surface area contributed by atoms with E-state index in [9.17, 15) is 9.59 Å². The molecule has 2 aliphatic heterocycles. The van der Waals surface area contributed by atoms with Crippen LogP contribution in [0.4, 0.5) is 0 Å². The van der Waals surface area contributed by atoms with Gasteiger partial charge in [0.15, 0.2) is 0 Å². The highest BCUT2D eigenvalue weighted by molar-refractivity contribution is 8.00. The van der Waals surface area contributed by atoms with Crippen LogP contribution in [0, 0.1) is 0 Å². The number of halogens is 1. The number of nitrogens with one attached hydrogen (secondary N) is 1. The van der Waals surface area contributed by atoms with E-state index in [0.29, 0.717) is 29.4 Å². The van der Waals surface area contributed by atoms with Crippen LogP contribution in [0.3, 0.4) is 0 Å². The molecule has 0 aliphatic carbocycles. The van der Waals surface area contributed by atoms with Gasteiger partial charge in [-0.3, -0.25) is 9.59 Å². The zero-order valence-corrected chi connectivity index (χ0v) is 17.5. The number of ether oxygens (including phenoxy) is 1. The predicted molar refractivity (Wildman–Crippen MR) is 115 cm³/mol. The number of hydrogen-bond donors (Lipinski definition) is 1. The molecular weight excluding hydrogens is 408 g/mol. The maximum absolute atomic E-state index is 12.4. The quantitative estimate of drug-likeness (QED) is 0.751. The smallest absolute Gasteiger partial charge is 0.251 e. The molecule has 0 spiro atoms. The fourth-order valence-corrected chi connectivity index (χ4v) is 4.91. The molecule has 2 saturated heterocycles. The summed E-state index contributed by atoms with van der Waals surface area (Å²) in [4.78, 5) is 26.7. The normalized spacial score (nSPS) is 21.6. The molecule has 5 nitrogen and oxygen atoms in total. The molecule has 0 saturated carbocycles. The van der Waals surface area contributed by atoms with Gasteiger partial charge in [0.25, 0.3) is 5.91 Å². The average Bonchev–Trinajstić information content (AvgIpc) is 3.38. The summed E-state index contributed by atoms with van der Waals surface area (Å²) in [6.45, 7) is 1.86. The van der Waals surface area contributed by atoms with Gasteiger partial charge in [0.05, 0.1) is 11.9 Å². The molecule has 2 fully saturated rings. The first kappa shape index (κ1) is 20.3. The predicted octanol–water partition coefficient (Wildman–Crippen LogP) is 4.02. The molecule has 2 amide bonds. The Balaban J connectivity index is 1.40. The molecule has 0 unspecified atom stereocenters. The highest BCUT2D eigenvalue weighted by atomic mass is 35.5. The maximum atomic E-state index is 12.4. The van der Waals surface area contributed by atoms with Crippen molar-refractivity contribution in [2.45, 2.75) is 30.9 Å². The summed E-state index contributed by atoms with van der Waals surface area (Å²) in [5.74, 6) is 0.482. The molecule has 29 heavy (non-hydrogen) atoms. The van der Waals surface area contributed by atoms with Gasteiger partial charge in [0.2, 0.25) is 5.91 Å². The first-order valence-corrected chi connectivity index (χ1v) is 11.2. The van der Waals surface area contributed by atoms with Crippen LogP contribution in [0.25, 0.3) is 0 Å². The molecule has 2 aliphatic rings. The zero-order chi connectivity index (χ0) is 20.2. The van der Waals surface area contributed by atoms with Crippen molar-refractivity contribution in [3.05, 3.63) is 70.2 Å². The van der Waals surface area contributed by atoms with Crippen molar-refractivity contribution >= 4 is 35.2 Å². The second-order valence-corrected chi connectivity index (χ2v) is 8.78. The fourth-order valence-electron chi connectivity index (χ4n) is 3.60. The summed E-state index contributed by atoms with van der Waals surface area (Å²) >= 11 is 7.57. The fraction of sp³-hybridized carbons (Fsp3) is 0.364. The Kier molecular flexibility index (Phi) is 6.43. The largest absolute Gasteiger partial charge is 0.376 e. The Morgan fingerprint density at radius 3 is 2.62 bits per heavy atom. The van der Waals surface area contributed by atoms with Crippen molar-refractivity contribution in [2.24, 2.45) is 0 Å². The summed E-state index contributed by atoms with van der Waals surface area (Å²) in [6, 6.07) is 15.1. The molecule has 1 N–H and O–H groups in total. The maximum Gasteiger partial charge on any atom is 0.251 e. The second-order valence-electron chi connectivity index (χ2n) is 7.28. The van der Waals surface area contributed by atoms with Crippen LogP contribution in [-0.2, 0) is 16.1 Å². The molecule has 2 aromatic rings. The van der Waals surface area contributed by atoms with Crippen molar-refractivity contribution in [3.8, 4) is 0 Å². The number of amides is 2. The Morgan fingerprint density at radius 2 is 1.93 bits per heavy atom. The van der Waals surface area contributed by atoms with Crippen molar-refractivity contribution < 1.29 is 14.3 Å². The number of hydrogen-bond acceptors (Lipinski definition) is 4. The minimum absolute atomic E-state index is 0.0535. The Morgan fingerprint density at radius 1 is 1.17 bits per heavy atom. The number of thioether (sulfide) groups is 1. The standard InChI is InChI=1S/C22H23ClN2O3S/c23-18-9-3-15(4-10-18)13-25-20(26)14-29-22(25)17-7-5-16(6-8-17)21(27)24-12-19-2-1-11-28-19/h3-10,19,22H,1-2,11-14H2,(H,24,27)/t19-,22-/m1/s1. The number of carbonyl (C=O) groups is 2. The second kappa shape index (κ2) is 9.20. The Labute approximate surface area is 179 Å². The first-order valence-electron chi connectivity index (χ1n) is 9.75. The molecule has 0 bridgehead atoms. The van der Waals surface area contributed by atoms with E-state index in [4.69, 9.17) is 16.3 Å². The summed E-state index contributed by atoms with van der Waals surface area (Å²) in [6.07, 6.45) is 2.18. The third-order valence-electron chi connectivity index (χ3n) is 5.21. The van der Waals surface area contributed by atoms with Crippen molar-refractivity contribution in [1.82, 2.24) is 10.2 Å². The molecule has 0 aromatic heterocycles. The van der Waals surface area contributed by atoms with Crippen LogP contribution in [0.5, 0.6) is 0 Å². The van der Waals surface area contributed by atoms with E-state index in [-0.39, 0.29) is 23.3 Å². The van der Waals surface area contributed by atoms with Gasteiger partial charge in [-0.15, -0.1) is 11.8 Å². The summed E-state index contributed by atoms with van der Waals surface area (Å²) in [5, 5.41) is 3.57. The molecule has 0 radical (unpaired) electrons. The van der Waals surface area contributed by atoms with E-state index >= 15 is 0 Å². The van der Waals surface area contributed by atoms with Crippen LogP contribution in [-0.4, -0.2) is 41.7 Å². The molecule has 4 rings (SSSR count). The van der Waals surface area contributed by atoms with Crippen molar-refractivity contribution in [2.75, 3.05) is 18.9 Å². The molecular formula is C22H23ClN2O3S. The van der Waals surface area contributed by atoms with Crippen LogP contribution in [0.1, 0.15) is 39.7 Å². The van der Waals surface area contributed by atoms with Crippen LogP contribution in [0.15, 0.2) is 48.5 Å². The number of nitrogens with zero attached hydrogens (tertiary/aromatic N) is 1. The summed E-state index contributed by atoms with van der Waals surface area (Å²) < 4.78 is 5.54. The highest BCUT2D eigenvalue weighted by Gasteiger charge is 2.32. The third kappa shape index (κ3) is 4.94. The lowest BCUT2D eigenvalue weighted by molar-refractivity contribution is -0.128. The molecule has 7 heteroatoms. The van der Waals surface area contributed by atoms with Crippen molar-refractivity contribution in [3.63, 3.8) is 0 Å². The van der Waals surface area contributed by atoms with Crippen LogP contribution in [0.2, 0.25) is 5.02 Å². The minimum atomic E-state index is -0.0970. The van der Waals surface area contributed by atoms with Gasteiger partial charge in [0, 0.05) is 30.3 Å². The molecule has 2 atom stereocenters. The number of carbonyl (C=O) groups excluding carboxylic acids is 2. The number of rotatable bonds is 6. The lowest BCUT2D eigenvalue weighted by atomic mass is 10.1. The summed E-state index contributed by atoms with van der Waals surface area (Å²) in [7, 11) is 0. The highest BCUT2D eigenvalue weighted by Crippen LogP contribution is 2.39. The third-order valence-corrected chi connectivity index (χ3v) is 6.71. The molecule has 2 aromatic carbocycles. The van der Waals surface area contributed by atoms with Gasteiger partial charge < -0.3 is 15.0 Å². The zero-order valence-electron chi connectivity index (χ0n) is 16.0. The van der Waals surface area contributed by atoms with Crippen LogP contribution >= 0.6 is 23.4 Å². The van der Waals surface area contributed by atoms with Gasteiger partial charge in [-0.2, -0.15) is 0 Å². The average molecular weight is 431 g/mol. The van der Waals surface area contributed by atoms with Crippen molar-refractivity contribution in [1.29, 1.82) is 0 Å². The topological polar surface area (TPSA) is 58.6 Å². The lowest BCUT2D eigenvalue weighted by Gasteiger charge is -2.24. The Hall–Kier alpha value is -2.02. The molecule has 152 valence electrons. The Bertz CT molecular complexity index is 867. The van der Waals surface area contributed by atoms with E-state index in [2.05, 4.69) is 5.32 Å². The number of benzene rings is 2. The lowest BCUT2D eigenvalue weighted by Crippen LogP contribution is -2.31. The van der Waals surface area contributed by atoms with Gasteiger partial charge in [-0.25, -0.2) is 0 Å². The van der Waals surface area contributed by atoms with E-state index in [0.717, 1.165) is 30.6 Å². The minimum Gasteiger partial charge on any atom is -0.376 e. The SMILES string of the molecule is O=C(NC[C@H]1CCCO1)c1ccc([C@H]2SCC(=O)N2Cc2ccc(Cl)cc2)cc1.